The van der Waals surface area contributed by atoms with Crippen LogP contribution in [-0.2, 0) is 6.61 Å². The van der Waals surface area contributed by atoms with E-state index in [2.05, 4.69) is 21.1 Å². The second-order valence-electron chi connectivity index (χ2n) is 4.69. The highest BCUT2D eigenvalue weighted by atomic mass is 79.9. The van der Waals surface area contributed by atoms with Gasteiger partial charge >= 0.3 is 0 Å². The predicted octanol–water partition coefficient (Wildman–Crippen LogP) is 4.67. The van der Waals surface area contributed by atoms with Gasteiger partial charge in [-0.05, 0) is 53.5 Å². The van der Waals surface area contributed by atoms with Gasteiger partial charge in [-0.15, -0.1) is 0 Å². The SMILES string of the molecule is C/C(=N/O)c1ccc(C)cc1OCc1cccc(F)c1Br. The highest BCUT2D eigenvalue weighted by Crippen LogP contribution is 2.25. The van der Waals surface area contributed by atoms with E-state index in [-0.39, 0.29) is 12.4 Å². The Morgan fingerprint density at radius 2 is 2.10 bits per heavy atom. The van der Waals surface area contributed by atoms with Crippen LogP contribution in [-0.4, -0.2) is 10.9 Å². The van der Waals surface area contributed by atoms with E-state index >= 15 is 0 Å². The average Bonchev–Trinajstić information content (AvgIpc) is 2.48. The Hall–Kier alpha value is -1.88. The molecule has 5 heteroatoms. The van der Waals surface area contributed by atoms with Gasteiger partial charge in [0, 0.05) is 11.1 Å². The lowest BCUT2D eigenvalue weighted by Gasteiger charge is -2.13. The van der Waals surface area contributed by atoms with E-state index in [0.29, 0.717) is 27.1 Å². The van der Waals surface area contributed by atoms with Crippen LogP contribution in [0.3, 0.4) is 0 Å². The molecule has 0 atom stereocenters. The summed E-state index contributed by atoms with van der Waals surface area (Å²) in [6.45, 7) is 3.85. The van der Waals surface area contributed by atoms with Gasteiger partial charge in [0.2, 0.25) is 0 Å². The summed E-state index contributed by atoms with van der Waals surface area (Å²) in [5.41, 5.74) is 2.90. The molecule has 0 amide bonds. The quantitative estimate of drug-likeness (QED) is 0.493. The summed E-state index contributed by atoms with van der Waals surface area (Å²) in [5, 5.41) is 12.1. The summed E-state index contributed by atoms with van der Waals surface area (Å²) >= 11 is 3.21. The monoisotopic (exact) mass is 351 g/mol. The molecule has 0 saturated heterocycles. The smallest absolute Gasteiger partial charge is 0.137 e. The number of rotatable bonds is 4. The Bertz CT molecular complexity index is 686. The molecule has 0 heterocycles. The average molecular weight is 352 g/mol. The Morgan fingerprint density at radius 1 is 1.33 bits per heavy atom. The largest absolute Gasteiger partial charge is 0.488 e. The van der Waals surface area contributed by atoms with Crippen LogP contribution in [0.15, 0.2) is 46.0 Å². The van der Waals surface area contributed by atoms with Crippen molar-refractivity contribution in [2.75, 3.05) is 0 Å². The fourth-order valence-electron chi connectivity index (χ4n) is 1.92. The molecule has 0 unspecified atom stereocenters. The van der Waals surface area contributed by atoms with Crippen LogP contribution in [0.2, 0.25) is 0 Å². The molecule has 21 heavy (non-hydrogen) atoms. The van der Waals surface area contributed by atoms with Crippen molar-refractivity contribution in [3.8, 4) is 5.75 Å². The second kappa shape index (κ2) is 6.72. The first kappa shape index (κ1) is 15.5. The Balaban J connectivity index is 2.27. The molecule has 0 aromatic heterocycles. The minimum absolute atomic E-state index is 0.216. The Morgan fingerprint density at radius 3 is 2.81 bits per heavy atom. The van der Waals surface area contributed by atoms with Gasteiger partial charge in [-0.25, -0.2) is 4.39 Å². The van der Waals surface area contributed by atoms with Crippen molar-refractivity contribution >= 4 is 21.6 Å². The fourth-order valence-corrected chi connectivity index (χ4v) is 2.30. The standard InChI is InChI=1S/C16H15BrFNO2/c1-10-6-7-13(11(2)19-20)15(8-10)21-9-12-4-3-5-14(18)16(12)17/h3-8,20H,9H2,1-2H3/b19-11-. The summed E-state index contributed by atoms with van der Waals surface area (Å²) in [5.74, 6) is 0.273. The molecule has 3 nitrogen and oxygen atoms in total. The Kier molecular flexibility index (Phi) is 4.96. The molecule has 0 aliphatic heterocycles. The van der Waals surface area contributed by atoms with E-state index in [1.165, 1.54) is 6.07 Å². The first-order valence-electron chi connectivity index (χ1n) is 6.38. The zero-order valence-electron chi connectivity index (χ0n) is 11.7. The molecule has 0 saturated carbocycles. The Labute approximate surface area is 131 Å². The highest BCUT2D eigenvalue weighted by molar-refractivity contribution is 9.10. The zero-order chi connectivity index (χ0) is 15.4. The number of aryl methyl sites for hydroxylation is 1. The van der Waals surface area contributed by atoms with E-state index in [4.69, 9.17) is 9.94 Å². The molecule has 1 N–H and O–H groups in total. The molecule has 0 bridgehead atoms. The molecule has 0 radical (unpaired) electrons. The molecular weight excluding hydrogens is 337 g/mol. The van der Waals surface area contributed by atoms with Crippen molar-refractivity contribution in [1.29, 1.82) is 0 Å². The molecule has 0 aliphatic rings. The second-order valence-corrected chi connectivity index (χ2v) is 5.48. The number of ether oxygens (including phenoxy) is 1. The van der Waals surface area contributed by atoms with Crippen molar-refractivity contribution in [3.63, 3.8) is 0 Å². The number of nitrogens with zero attached hydrogens (tertiary/aromatic N) is 1. The normalized spacial score (nSPS) is 11.5. The summed E-state index contributed by atoms with van der Waals surface area (Å²) in [6.07, 6.45) is 0. The highest BCUT2D eigenvalue weighted by Gasteiger charge is 2.10. The van der Waals surface area contributed by atoms with Crippen LogP contribution in [0.1, 0.15) is 23.6 Å². The number of hydrogen-bond donors (Lipinski definition) is 1. The molecule has 0 fully saturated rings. The first-order valence-corrected chi connectivity index (χ1v) is 7.17. The third kappa shape index (κ3) is 3.61. The summed E-state index contributed by atoms with van der Waals surface area (Å²) < 4.78 is 19.6. The van der Waals surface area contributed by atoms with Crippen LogP contribution >= 0.6 is 15.9 Å². The summed E-state index contributed by atoms with van der Waals surface area (Å²) in [4.78, 5) is 0. The third-order valence-electron chi connectivity index (χ3n) is 3.09. The van der Waals surface area contributed by atoms with Crippen LogP contribution in [0.25, 0.3) is 0 Å². The van der Waals surface area contributed by atoms with Gasteiger partial charge in [0.1, 0.15) is 18.2 Å². The minimum Gasteiger partial charge on any atom is -0.488 e. The molecule has 0 aliphatic carbocycles. The third-order valence-corrected chi connectivity index (χ3v) is 3.98. The predicted molar refractivity (Wildman–Crippen MR) is 83.6 cm³/mol. The van der Waals surface area contributed by atoms with Crippen molar-refractivity contribution in [1.82, 2.24) is 0 Å². The number of oxime groups is 1. The summed E-state index contributed by atoms with van der Waals surface area (Å²) in [7, 11) is 0. The molecule has 2 rings (SSSR count). The maximum atomic E-state index is 13.5. The summed E-state index contributed by atoms with van der Waals surface area (Å²) in [6, 6.07) is 10.4. The van der Waals surface area contributed by atoms with Gasteiger partial charge < -0.3 is 9.94 Å². The van der Waals surface area contributed by atoms with Crippen molar-refractivity contribution in [2.45, 2.75) is 20.5 Å². The molecule has 110 valence electrons. The van der Waals surface area contributed by atoms with Crippen molar-refractivity contribution in [3.05, 3.63) is 63.4 Å². The molecule has 2 aromatic carbocycles. The van der Waals surface area contributed by atoms with Gasteiger partial charge in [-0.3, -0.25) is 0 Å². The van der Waals surface area contributed by atoms with Crippen LogP contribution < -0.4 is 4.74 Å². The topological polar surface area (TPSA) is 41.8 Å². The van der Waals surface area contributed by atoms with E-state index in [0.717, 1.165) is 5.56 Å². The maximum Gasteiger partial charge on any atom is 0.137 e. The molecular formula is C16H15BrFNO2. The van der Waals surface area contributed by atoms with E-state index in [1.54, 1.807) is 19.1 Å². The molecule has 0 spiro atoms. The van der Waals surface area contributed by atoms with Gasteiger partial charge in [-0.2, -0.15) is 0 Å². The van der Waals surface area contributed by atoms with Crippen molar-refractivity contribution in [2.24, 2.45) is 5.16 Å². The number of hydrogen-bond acceptors (Lipinski definition) is 3. The lowest BCUT2D eigenvalue weighted by molar-refractivity contribution is 0.302. The molecule has 2 aromatic rings. The zero-order valence-corrected chi connectivity index (χ0v) is 13.3. The van der Waals surface area contributed by atoms with Gasteiger partial charge in [-0.1, -0.05) is 23.4 Å². The first-order chi connectivity index (χ1) is 10.0. The minimum atomic E-state index is -0.325. The van der Waals surface area contributed by atoms with Gasteiger partial charge in [0.15, 0.2) is 0 Å². The van der Waals surface area contributed by atoms with Crippen LogP contribution in [0.5, 0.6) is 5.75 Å². The number of benzene rings is 2. The maximum absolute atomic E-state index is 13.5. The van der Waals surface area contributed by atoms with E-state index in [9.17, 15) is 4.39 Å². The number of halogens is 2. The fraction of sp³-hybridized carbons (Fsp3) is 0.188. The van der Waals surface area contributed by atoms with Crippen LogP contribution in [0.4, 0.5) is 4.39 Å². The lowest BCUT2D eigenvalue weighted by atomic mass is 10.1. The van der Waals surface area contributed by atoms with E-state index < -0.39 is 0 Å². The van der Waals surface area contributed by atoms with Gasteiger partial charge in [0.25, 0.3) is 0 Å². The van der Waals surface area contributed by atoms with E-state index in [1.807, 2.05) is 25.1 Å². The lowest BCUT2D eigenvalue weighted by Crippen LogP contribution is -2.04. The van der Waals surface area contributed by atoms with Crippen LogP contribution in [0, 0.1) is 12.7 Å². The van der Waals surface area contributed by atoms with Gasteiger partial charge in [0.05, 0.1) is 10.2 Å². The van der Waals surface area contributed by atoms with Crippen molar-refractivity contribution < 1.29 is 14.3 Å².